The predicted octanol–water partition coefficient (Wildman–Crippen LogP) is 2.90. The molecule has 112 valence electrons. The molecular formula is C15H31N3S. The van der Waals surface area contributed by atoms with Gasteiger partial charge in [-0.1, -0.05) is 19.3 Å². The maximum absolute atomic E-state index is 5.38. The zero-order chi connectivity index (χ0) is 14.3. The van der Waals surface area contributed by atoms with E-state index in [9.17, 15) is 0 Å². The lowest BCUT2D eigenvalue weighted by Gasteiger charge is -2.31. The molecule has 1 saturated carbocycles. The molecule has 0 saturated heterocycles. The number of thiocarbonyl (C=S) groups is 1. The Morgan fingerprint density at radius 1 is 1.11 bits per heavy atom. The summed E-state index contributed by atoms with van der Waals surface area (Å²) in [5.74, 6) is 0. The van der Waals surface area contributed by atoms with Gasteiger partial charge in [0.05, 0.1) is 0 Å². The van der Waals surface area contributed by atoms with Crippen molar-refractivity contribution >= 4 is 17.3 Å². The summed E-state index contributed by atoms with van der Waals surface area (Å²) in [6, 6.07) is 1.77. The summed E-state index contributed by atoms with van der Waals surface area (Å²) < 4.78 is 0. The molecule has 0 aromatic heterocycles. The first-order chi connectivity index (χ1) is 9.00. The third kappa shape index (κ3) is 6.57. The Morgan fingerprint density at radius 3 is 2.21 bits per heavy atom. The van der Waals surface area contributed by atoms with Gasteiger partial charge >= 0.3 is 0 Å². The van der Waals surface area contributed by atoms with Crippen LogP contribution in [-0.4, -0.2) is 41.2 Å². The Morgan fingerprint density at radius 2 is 1.68 bits per heavy atom. The molecule has 0 radical (unpaired) electrons. The van der Waals surface area contributed by atoms with Crippen molar-refractivity contribution in [1.29, 1.82) is 0 Å². The van der Waals surface area contributed by atoms with E-state index in [-0.39, 0.29) is 0 Å². The zero-order valence-corrected chi connectivity index (χ0v) is 13.9. The van der Waals surface area contributed by atoms with Gasteiger partial charge in [-0.3, -0.25) is 4.90 Å². The maximum atomic E-state index is 5.38. The first-order valence-corrected chi connectivity index (χ1v) is 8.21. The van der Waals surface area contributed by atoms with E-state index < -0.39 is 0 Å². The van der Waals surface area contributed by atoms with E-state index in [1.165, 1.54) is 32.1 Å². The van der Waals surface area contributed by atoms with Crippen molar-refractivity contribution in [3.05, 3.63) is 0 Å². The van der Waals surface area contributed by atoms with Gasteiger partial charge < -0.3 is 10.6 Å². The molecule has 1 fully saturated rings. The molecule has 1 rings (SSSR count). The lowest BCUT2D eigenvalue weighted by atomic mass is 9.96. The van der Waals surface area contributed by atoms with Gasteiger partial charge in [-0.05, 0) is 52.8 Å². The van der Waals surface area contributed by atoms with Crippen LogP contribution >= 0.6 is 12.2 Å². The van der Waals surface area contributed by atoms with Crippen LogP contribution in [0.4, 0.5) is 0 Å². The highest BCUT2D eigenvalue weighted by Gasteiger charge is 2.15. The second-order valence-electron chi connectivity index (χ2n) is 6.16. The van der Waals surface area contributed by atoms with Crippen molar-refractivity contribution < 1.29 is 0 Å². The third-order valence-corrected chi connectivity index (χ3v) is 4.18. The van der Waals surface area contributed by atoms with Crippen molar-refractivity contribution in [3.63, 3.8) is 0 Å². The molecule has 3 nitrogen and oxygen atoms in total. The van der Waals surface area contributed by atoms with E-state index in [0.717, 1.165) is 18.2 Å². The fourth-order valence-corrected chi connectivity index (χ4v) is 3.16. The predicted molar refractivity (Wildman–Crippen MR) is 87.6 cm³/mol. The highest BCUT2D eigenvalue weighted by molar-refractivity contribution is 7.80. The second kappa shape index (κ2) is 8.75. The van der Waals surface area contributed by atoms with Crippen LogP contribution in [0.25, 0.3) is 0 Å². The van der Waals surface area contributed by atoms with Crippen molar-refractivity contribution in [2.24, 2.45) is 0 Å². The van der Waals surface area contributed by atoms with Crippen LogP contribution in [-0.2, 0) is 0 Å². The lowest BCUT2D eigenvalue weighted by molar-refractivity contribution is 0.178. The topological polar surface area (TPSA) is 27.3 Å². The van der Waals surface area contributed by atoms with Crippen LogP contribution in [0.3, 0.4) is 0 Å². The van der Waals surface area contributed by atoms with Crippen LogP contribution in [0.15, 0.2) is 0 Å². The van der Waals surface area contributed by atoms with E-state index in [1.807, 2.05) is 0 Å². The minimum absolute atomic E-state index is 0.585. The number of hydrogen-bond acceptors (Lipinski definition) is 2. The molecule has 4 heteroatoms. The SMILES string of the molecule is CC(C)N(CCNC(=S)NC1CCCCC1)C(C)C. The summed E-state index contributed by atoms with van der Waals surface area (Å²) in [5.41, 5.74) is 0. The van der Waals surface area contributed by atoms with Gasteiger partial charge in [0.1, 0.15) is 0 Å². The molecule has 0 amide bonds. The van der Waals surface area contributed by atoms with E-state index in [2.05, 4.69) is 43.2 Å². The summed E-state index contributed by atoms with van der Waals surface area (Å²) >= 11 is 5.38. The van der Waals surface area contributed by atoms with Gasteiger partial charge in [0.2, 0.25) is 0 Å². The summed E-state index contributed by atoms with van der Waals surface area (Å²) in [6.07, 6.45) is 6.61. The van der Waals surface area contributed by atoms with Gasteiger partial charge in [0.15, 0.2) is 5.11 Å². The molecule has 0 unspecified atom stereocenters. The van der Waals surface area contributed by atoms with E-state index >= 15 is 0 Å². The van der Waals surface area contributed by atoms with Crippen molar-refractivity contribution in [1.82, 2.24) is 15.5 Å². The number of hydrogen-bond donors (Lipinski definition) is 2. The lowest BCUT2D eigenvalue weighted by Crippen LogP contribution is -2.47. The normalized spacial score (nSPS) is 17.2. The van der Waals surface area contributed by atoms with Gasteiger partial charge in [-0.2, -0.15) is 0 Å². The average molecular weight is 286 g/mol. The highest BCUT2D eigenvalue weighted by Crippen LogP contribution is 2.17. The van der Waals surface area contributed by atoms with Crippen molar-refractivity contribution in [2.75, 3.05) is 13.1 Å². The van der Waals surface area contributed by atoms with Crippen LogP contribution in [0.5, 0.6) is 0 Å². The fraction of sp³-hybridized carbons (Fsp3) is 0.933. The number of nitrogens with zero attached hydrogens (tertiary/aromatic N) is 1. The molecule has 1 aliphatic carbocycles. The molecule has 0 heterocycles. The molecule has 0 aromatic rings. The van der Waals surface area contributed by atoms with Crippen LogP contribution in [0.1, 0.15) is 59.8 Å². The maximum Gasteiger partial charge on any atom is 0.166 e. The largest absolute Gasteiger partial charge is 0.361 e. The van der Waals surface area contributed by atoms with Crippen molar-refractivity contribution in [2.45, 2.75) is 77.9 Å². The Hall–Kier alpha value is -0.350. The van der Waals surface area contributed by atoms with Gasteiger partial charge in [0.25, 0.3) is 0 Å². The third-order valence-electron chi connectivity index (χ3n) is 3.92. The first-order valence-electron chi connectivity index (χ1n) is 7.80. The zero-order valence-electron chi connectivity index (χ0n) is 13.0. The van der Waals surface area contributed by atoms with Gasteiger partial charge in [-0.15, -0.1) is 0 Å². The number of rotatable bonds is 6. The molecule has 0 bridgehead atoms. The van der Waals surface area contributed by atoms with Gasteiger partial charge in [-0.25, -0.2) is 0 Å². The standard InChI is InChI=1S/C15H31N3S/c1-12(2)18(13(3)4)11-10-16-15(19)17-14-8-6-5-7-9-14/h12-14H,5-11H2,1-4H3,(H2,16,17,19). The first kappa shape index (κ1) is 16.7. The smallest absolute Gasteiger partial charge is 0.166 e. The summed E-state index contributed by atoms with van der Waals surface area (Å²) in [7, 11) is 0. The molecule has 0 aliphatic heterocycles. The molecule has 0 atom stereocenters. The Balaban J connectivity index is 2.18. The molecule has 1 aliphatic rings. The van der Waals surface area contributed by atoms with Crippen LogP contribution in [0.2, 0.25) is 0 Å². The van der Waals surface area contributed by atoms with E-state index in [1.54, 1.807) is 0 Å². The highest BCUT2D eigenvalue weighted by atomic mass is 32.1. The second-order valence-corrected chi connectivity index (χ2v) is 6.57. The molecule has 19 heavy (non-hydrogen) atoms. The fourth-order valence-electron chi connectivity index (χ4n) is 2.89. The summed E-state index contributed by atoms with van der Waals surface area (Å²) in [5, 5.41) is 7.63. The van der Waals surface area contributed by atoms with Crippen LogP contribution < -0.4 is 10.6 Å². The number of nitrogens with one attached hydrogen (secondary N) is 2. The molecule has 0 aromatic carbocycles. The van der Waals surface area contributed by atoms with Crippen LogP contribution in [0, 0.1) is 0 Å². The van der Waals surface area contributed by atoms with Crippen molar-refractivity contribution in [3.8, 4) is 0 Å². The van der Waals surface area contributed by atoms with Gasteiger partial charge in [0, 0.05) is 31.2 Å². The Bertz CT molecular complexity index is 252. The minimum Gasteiger partial charge on any atom is -0.361 e. The monoisotopic (exact) mass is 285 g/mol. The quantitative estimate of drug-likeness (QED) is 0.734. The Kier molecular flexibility index (Phi) is 7.69. The minimum atomic E-state index is 0.585. The van der Waals surface area contributed by atoms with E-state index in [4.69, 9.17) is 12.2 Å². The summed E-state index contributed by atoms with van der Waals surface area (Å²) in [6.45, 7) is 11.0. The molecule has 0 spiro atoms. The van der Waals surface area contributed by atoms with E-state index in [0.29, 0.717) is 18.1 Å². The Labute approximate surface area is 124 Å². The molecular weight excluding hydrogens is 254 g/mol. The average Bonchev–Trinajstić information content (AvgIpc) is 2.34. The summed E-state index contributed by atoms with van der Waals surface area (Å²) in [4.78, 5) is 2.48. The molecule has 2 N–H and O–H groups in total.